The first-order valence-electron chi connectivity index (χ1n) is 4.69. The molecule has 0 unspecified atom stereocenters. The van der Waals surface area contributed by atoms with E-state index >= 15 is 0 Å². The number of carbonyl (C=O) groups is 2. The lowest BCUT2D eigenvalue weighted by atomic mass is 9.79. The van der Waals surface area contributed by atoms with Crippen LogP contribution in [-0.4, -0.2) is 31.8 Å². The summed E-state index contributed by atoms with van der Waals surface area (Å²) in [6, 6.07) is 0. The summed E-state index contributed by atoms with van der Waals surface area (Å²) in [6.07, 6.45) is 0.680. The lowest BCUT2D eigenvalue weighted by Crippen LogP contribution is -2.43. The van der Waals surface area contributed by atoms with E-state index < -0.39 is 23.8 Å². The molecule has 2 rings (SSSR count). The van der Waals surface area contributed by atoms with Crippen molar-refractivity contribution in [2.45, 2.75) is 16.1 Å². The van der Waals surface area contributed by atoms with Gasteiger partial charge in [0.05, 0.1) is 11.8 Å². The Balaban J connectivity index is 2.32. The molecular weight excluding hydrogens is 332 g/mol. The molecule has 0 aromatic rings. The van der Waals surface area contributed by atoms with Crippen molar-refractivity contribution in [2.24, 2.45) is 23.7 Å². The molecule has 15 heavy (non-hydrogen) atoms. The van der Waals surface area contributed by atoms with Gasteiger partial charge in [0.25, 0.3) is 0 Å². The summed E-state index contributed by atoms with van der Waals surface area (Å²) < 4.78 is 0. The molecule has 0 heterocycles. The number of halogens is 2. The molecule has 2 aliphatic carbocycles. The van der Waals surface area contributed by atoms with Crippen LogP contribution in [0.5, 0.6) is 0 Å². The van der Waals surface area contributed by atoms with E-state index in [2.05, 4.69) is 31.9 Å². The van der Waals surface area contributed by atoms with Gasteiger partial charge in [0.2, 0.25) is 0 Å². The number of carboxylic acid groups (broad SMARTS) is 2. The molecular formula is C9H10Br2O4. The van der Waals surface area contributed by atoms with Gasteiger partial charge in [-0.3, -0.25) is 9.59 Å². The van der Waals surface area contributed by atoms with Crippen molar-refractivity contribution in [3.05, 3.63) is 0 Å². The minimum atomic E-state index is -0.987. The fraction of sp³-hybridized carbons (Fsp3) is 0.778. The van der Waals surface area contributed by atoms with E-state index in [-0.39, 0.29) is 21.5 Å². The van der Waals surface area contributed by atoms with Gasteiger partial charge in [-0.2, -0.15) is 0 Å². The zero-order chi connectivity index (χ0) is 11.3. The van der Waals surface area contributed by atoms with Crippen LogP contribution in [0.3, 0.4) is 0 Å². The third kappa shape index (κ3) is 1.53. The highest BCUT2D eigenvalue weighted by Gasteiger charge is 2.61. The topological polar surface area (TPSA) is 74.6 Å². The van der Waals surface area contributed by atoms with Gasteiger partial charge in [0, 0.05) is 9.65 Å². The summed E-state index contributed by atoms with van der Waals surface area (Å²) in [6.45, 7) is 0. The number of hydrogen-bond donors (Lipinski definition) is 2. The van der Waals surface area contributed by atoms with E-state index in [1.807, 2.05) is 0 Å². The maximum absolute atomic E-state index is 11.1. The minimum absolute atomic E-state index is 0.0687. The Morgan fingerprint density at radius 3 is 1.53 bits per heavy atom. The largest absolute Gasteiger partial charge is 0.481 e. The van der Waals surface area contributed by atoms with Crippen molar-refractivity contribution < 1.29 is 19.8 Å². The number of carboxylic acids is 2. The van der Waals surface area contributed by atoms with Gasteiger partial charge in [-0.15, -0.1) is 0 Å². The molecule has 4 nitrogen and oxygen atoms in total. The van der Waals surface area contributed by atoms with Crippen molar-refractivity contribution in [1.29, 1.82) is 0 Å². The Morgan fingerprint density at radius 1 is 0.933 bits per heavy atom. The maximum Gasteiger partial charge on any atom is 0.307 e. The van der Waals surface area contributed by atoms with Crippen molar-refractivity contribution >= 4 is 43.8 Å². The highest BCUT2D eigenvalue weighted by molar-refractivity contribution is 9.12. The Morgan fingerprint density at radius 2 is 1.27 bits per heavy atom. The molecule has 84 valence electrons. The number of hydrogen-bond acceptors (Lipinski definition) is 2. The third-order valence-electron chi connectivity index (χ3n) is 3.55. The van der Waals surface area contributed by atoms with Gasteiger partial charge in [-0.25, -0.2) is 0 Å². The quantitative estimate of drug-likeness (QED) is 0.747. The second-order valence-corrected chi connectivity index (χ2v) is 6.29. The number of fused-ring (bicyclic) bond motifs is 2. The van der Waals surface area contributed by atoms with Gasteiger partial charge in [-0.1, -0.05) is 31.9 Å². The molecule has 0 aromatic heterocycles. The Bertz CT molecular complexity index is 289. The van der Waals surface area contributed by atoms with E-state index in [4.69, 9.17) is 10.2 Å². The molecule has 2 aliphatic rings. The van der Waals surface area contributed by atoms with E-state index in [9.17, 15) is 9.59 Å². The van der Waals surface area contributed by atoms with Crippen LogP contribution < -0.4 is 0 Å². The maximum atomic E-state index is 11.1. The minimum Gasteiger partial charge on any atom is -0.481 e. The average Bonchev–Trinajstić information content (AvgIpc) is 2.64. The van der Waals surface area contributed by atoms with Crippen LogP contribution in [-0.2, 0) is 9.59 Å². The zero-order valence-corrected chi connectivity index (χ0v) is 10.8. The average molecular weight is 342 g/mol. The van der Waals surface area contributed by atoms with Crippen LogP contribution >= 0.6 is 31.9 Å². The van der Waals surface area contributed by atoms with Crippen molar-refractivity contribution in [3.63, 3.8) is 0 Å². The molecule has 0 radical (unpaired) electrons. The molecule has 0 aromatic carbocycles. The predicted octanol–water partition coefficient (Wildman–Crippen LogP) is 1.56. The van der Waals surface area contributed by atoms with E-state index in [1.165, 1.54) is 0 Å². The van der Waals surface area contributed by atoms with Crippen LogP contribution in [0.1, 0.15) is 6.42 Å². The van der Waals surface area contributed by atoms with Crippen molar-refractivity contribution in [1.82, 2.24) is 0 Å². The van der Waals surface area contributed by atoms with Crippen LogP contribution in [0.15, 0.2) is 0 Å². The highest BCUT2D eigenvalue weighted by atomic mass is 79.9. The fourth-order valence-electron chi connectivity index (χ4n) is 2.94. The highest BCUT2D eigenvalue weighted by Crippen LogP contribution is 2.57. The van der Waals surface area contributed by atoms with E-state index in [0.29, 0.717) is 6.42 Å². The predicted molar refractivity (Wildman–Crippen MR) is 59.3 cm³/mol. The molecule has 2 bridgehead atoms. The van der Waals surface area contributed by atoms with Crippen LogP contribution in [0.4, 0.5) is 0 Å². The van der Waals surface area contributed by atoms with E-state index in [1.54, 1.807) is 0 Å². The van der Waals surface area contributed by atoms with Gasteiger partial charge in [0.1, 0.15) is 0 Å². The third-order valence-corrected chi connectivity index (χ3v) is 6.75. The van der Waals surface area contributed by atoms with Crippen LogP contribution in [0, 0.1) is 23.7 Å². The molecule has 2 saturated carbocycles. The number of rotatable bonds is 2. The summed E-state index contributed by atoms with van der Waals surface area (Å²) >= 11 is 6.89. The Hall–Kier alpha value is -0.100. The van der Waals surface area contributed by atoms with Gasteiger partial charge in [-0.05, 0) is 18.3 Å². The molecule has 0 aliphatic heterocycles. The summed E-state index contributed by atoms with van der Waals surface area (Å²) in [5, 5.41) is 18.1. The number of aliphatic carboxylic acids is 2. The molecule has 6 heteroatoms. The second kappa shape index (κ2) is 3.73. The first-order valence-corrected chi connectivity index (χ1v) is 6.52. The normalized spacial score (nSPS) is 48.1. The molecule has 6 atom stereocenters. The second-order valence-electron chi connectivity index (χ2n) is 4.18. The standard InChI is InChI=1S/C9H10Br2O4/c10-6-2-1-3(7(6)11)5(9(14)15)4(2)8(12)13/h2-7H,1H2,(H,12,13)(H,14,15)/t2-,3-,4-,5-,6+,7+/m1/s1. The molecule has 0 saturated heterocycles. The summed E-state index contributed by atoms with van der Waals surface area (Å²) in [5.74, 6) is -3.61. The summed E-state index contributed by atoms with van der Waals surface area (Å²) in [7, 11) is 0. The lowest BCUT2D eigenvalue weighted by molar-refractivity contribution is -0.155. The molecule has 2 N–H and O–H groups in total. The SMILES string of the molecule is O=C(O)[C@@H]1[C@H]2C[C@@H]([C@H](Br)[C@H]2Br)[C@H]1C(=O)O. The van der Waals surface area contributed by atoms with Crippen molar-refractivity contribution in [3.8, 4) is 0 Å². The molecule has 2 fully saturated rings. The zero-order valence-electron chi connectivity index (χ0n) is 7.64. The summed E-state index contributed by atoms with van der Waals surface area (Å²) in [5.41, 5.74) is 0. The van der Waals surface area contributed by atoms with Gasteiger partial charge >= 0.3 is 11.9 Å². The smallest absolute Gasteiger partial charge is 0.307 e. The van der Waals surface area contributed by atoms with Gasteiger partial charge < -0.3 is 10.2 Å². The monoisotopic (exact) mass is 340 g/mol. The van der Waals surface area contributed by atoms with Gasteiger partial charge in [0.15, 0.2) is 0 Å². The summed E-state index contributed by atoms with van der Waals surface area (Å²) in [4.78, 5) is 22.3. The number of alkyl halides is 2. The first-order chi connectivity index (χ1) is 6.95. The first kappa shape index (κ1) is 11.4. The van der Waals surface area contributed by atoms with Crippen molar-refractivity contribution in [2.75, 3.05) is 0 Å². The lowest BCUT2D eigenvalue weighted by Gasteiger charge is -2.31. The Kier molecular flexibility index (Phi) is 2.83. The molecule has 0 spiro atoms. The fourth-order valence-corrected chi connectivity index (χ4v) is 4.82. The molecule has 0 amide bonds. The van der Waals surface area contributed by atoms with Crippen LogP contribution in [0.2, 0.25) is 0 Å². The Labute approximate surface area is 103 Å². The van der Waals surface area contributed by atoms with Crippen LogP contribution in [0.25, 0.3) is 0 Å². The van der Waals surface area contributed by atoms with E-state index in [0.717, 1.165) is 0 Å².